The van der Waals surface area contributed by atoms with Crippen LogP contribution < -0.4 is 0 Å². The Morgan fingerprint density at radius 2 is 2.27 bits per heavy atom. The summed E-state index contributed by atoms with van der Waals surface area (Å²) in [6.07, 6.45) is 1.60. The van der Waals surface area contributed by atoms with Crippen molar-refractivity contribution >= 4 is 21.2 Å². The molecular formula is C9H10N2O2S2. The Morgan fingerprint density at radius 3 is 2.80 bits per heavy atom. The van der Waals surface area contributed by atoms with Crippen molar-refractivity contribution < 1.29 is 8.42 Å². The van der Waals surface area contributed by atoms with Crippen molar-refractivity contribution in [1.82, 2.24) is 9.78 Å². The third-order valence-electron chi connectivity index (χ3n) is 2.06. The Morgan fingerprint density at radius 1 is 1.47 bits per heavy atom. The molecule has 2 rings (SSSR count). The van der Waals surface area contributed by atoms with Crippen LogP contribution in [0.25, 0.3) is 0 Å². The van der Waals surface area contributed by atoms with Crippen molar-refractivity contribution in [1.29, 1.82) is 0 Å². The van der Waals surface area contributed by atoms with Crippen molar-refractivity contribution in [2.75, 3.05) is 0 Å². The van der Waals surface area contributed by atoms with Crippen molar-refractivity contribution in [2.24, 2.45) is 7.05 Å². The number of nitrogens with zero attached hydrogens (tertiary/aromatic N) is 2. The monoisotopic (exact) mass is 242 g/mol. The van der Waals surface area contributed by atoms with Crippen LogP contribution in [0.15, 0.2) is 34.0 Å². The molecule has 0 radical (unpaired) electrons. The summed E-state index contributed by atoms with van der Waals surface area (Å²) >= 11 is 1.24. The highest BCUT2D eigenvalue weighted by Crippen LogP contribution is 2.20. The lowest BCUT2D eigenvalue weighted by Gasteiger charge is -2.01. The molecule has 4 nitrogen and oxygen atoms in total. The van der Waals surface area contributed by atoms with E-state index < -0.39 is 9.84 Å². The van der Waals surface area contributed by atoms with Gasteiger partial charge < -0.3 is 0 Å². The predicted octanol–water partition coefficient (Wildman–Crippen LogP) is 1.46. The van der Waals surface area contributed by atoms with Gasteiger partial charge in [-0.3, -0.25) is 4.68 Å². The zero-order valence-electron chi connectivity index (χ0n) is 8.12. The number of sulfone groups is 1. The fourth-order valence-electron chi connectivity index (χ4n) is 1.25. The van der Waals surface area contributed by atoms with E-state index in [4.69, 9.17) is 0 Å². The minimum absolute atomic E-state index is 0.00398. The summed E-state index contributed by atoms with van der Waals surface area (Å²) in [7, 11) is -1.47. The molecule has 0 aliphatic heterocycles. The average Bonchev–Trinajstić information content (AvgIpc) is 2.77. The van der Waals surface area contributed by atoms with Crippen LogP contribution in [0.1, 0.15) is 5.69 Å². The van der Waals surface area contributed by atoms with Gasteiger partial charge in [0.1, 0.15) is 4.21 Å². The smallest absolute Gasteiger partial charge is 0.193 e. The molecule has 0 unspecified atom stereocenters. The molecule has 0 N–H and O–H groups in total. The molecule has 2 heterocycles. The Kier molecular flexibility index (Phi) is 2.62. The minimum atomic E-state index is -3.20. The number of aryl methyl sites for hydroxylation is 1. The molecule has 0 aliphatic rings. The van der Waals surface area contributed by atoms with Crippen molar-refractivity contribution in [2.45, 2.75) is 9.96 Å². The van der Waals surface area contributed by atoms with Crippen molar-refractivity contribution in [3.05, 3.63) is 35.5 Å². The summed E-state index contributed by atoms with van der Waals surface area (Å²) in [5, 5.41) is 5.70. The Hall–Kier alpha value is -1.14. The van der Waals surface area contributed by atoms with Crippen molar-refractivity contribution in [3.63, 3.8) is 0 Å². The molecule has 0 saturated carbocycles. The summed E-state index contributed by atoms with van der Waals surface area (Å²) in [5.74, 6) is 0.00398. The van der Waals surface area contributed by atoms with Crippen LogP contribution in [0.4, 0.5) is 0 Å². The highest BCUT2D eigenvalue weighted by molar-refractivity contribution is 7.92. The van der Waals surface area contributed by atoms with Gasteiger partial charge in [0.05, 0.1) is 11.4 Å². The number of thiophene rings is 1. The summed E-state index contributed by atoms with van der Waals surface area (Å²) in [4.78, 5) is 0. The summed E-state index contributed by atoms with van der Waals surface area (Å²) in [5.41, 5.74) is 0.698. The molecule has 0 atom stereocenters. The summed E-state index contributed by atoms with van der Waals surface area (Å²) in [6, 6.07) is 5.07. The molecule has 2 aromatic rings. The lowest BCUT2D eigenvalue weighted by Crippen LogP contribution is -2.07. The second-order valence-corrected chi connectivity index (χ2v) is 6.30. The van der Waals surface area contributed by atoms with Gasteiger partial charge in [0.2, 0.25) is 0 Å². The maximum Gasteiger partial charge on any atom is 0.193 e. The summed E-state index contributed by atoms with van der Waals surface area (Å²) < 4.78 is 25.7. The van der Waals surface area contributed by atoms with Crippen LogP contribution in [0, 0.1) is 0 Å². The SMILES string of the molecule is Cn1nccc1CS(=O)(=O)c1cccs1. The minimum Gasteiger partial charge on any atom is -0.272 e. The fraction of sp³-hybridized carbons (Fsp3) is 0.222. The quantitative estimate of drug-likeness (QED) is 0.818. The largest absolute Gasteiger partial charge is 0.272 e. The molecule has 6 heteroatoms. The van der Waals surface area contributed by atoms with E-state index in [1.54, 1.807) is 41.5 Å². The number of aromatic nitrogens is 2. The zero-order chi connectivity index (χ0) is 10.9. The molecule has 80 valence electrons. The van der Waals surface area contributed by atoms with E-state index in [1.807, 2.05) is 0 Å². The number of hydrogen-bond donors (Lipinski definition) is 0. The molecule has 0 amide bonds. The van der Waals surface area contributed by atoms with Gasteiger partial charge >= 0.3 is 0 Å². The fourth-order valence-corrected chi connectivity index (χ4v) is 3.73. The molecule has 0 spiro atoms. The molecule has 2 aromatic heterocycles. The van der Waals surface area contributed by atoms with E-state index in [1.165, 1.54) is 11.3 Å². The first-order valence-corrected chi connectivity index (χ1v) is 6.86. The highest BCUT2D eigenvalue weighted by Gasteiger charge is 2.17. The molecule has 0 fully saturated rings. The topological polar surface area (TPSA) is 52.0 Å². The highest BCUT2D eigenvalue weighted by atomic mass is 32.2. The first-order chi connectivity index (χ1) is 7.09. The second kappa shape index (κ2) is 3.79. The number of rotatable bonds is 3. The predicted molar refractivity (Wildman–Crippen MR) is 58.4 cm³/mol. The molecule has 15 heavy (non-hydrogen) atoms. The van der Waals surface area contributed by atoms with Gasteiger partial charge in [-0.05, 0) is 17.5 Å². The van der Waals surface area contributed by atoms with Crippen LogP contribution in [0.5, 0.6) is 0 Å². The summed E-state index contributed by atoms with van der Waals surface area (Å²) in [6.45, 7) is 0. The van der Waals surface area contributed by atoms with Gasteiger partial charge in [-0.1, -0.05) is 6.07 Å². The van der Waals surface area contributed by atoms with Gasteiger partial charge in [0, 0.05) is 13.2 Å². The Labute approximate surface area is 92.1 Å². The van der Waals surface area contributed by atoms with Gasteiger partial charge in [0.25, 0.3) is 0 Å². The lowest BCUT2D eigenvalue weighted by atomic mass is 10.5. The van der Waals surface area contributed by atoms with E-state index >= 15 is 0 Å². The molecular weight excluding hydrogens is 232 g/mol. The molecule has 0 aliphatic carbocycles. The first kappa shape index (κ1) is 10.4. The third-order valence-corrected chi connectivity index (χ3v) is 5.20. The lowest BCUT2D eigenvalue weighted by molar-refractivity contribution is 0.594. The Balaban J connectivity index is 2.31. The van der Waals surface area contributed by atoms with Crippen LogP contribution in [0.2, 0.25) is 0 Å². The molecule has 0 aromatic carbocycles. The van der Waals surface area contributed by atoms with E-state index in [0.29, 0.717) is 9.90 Å². The zero-order valence-corrected chi connectivity index (χ0v) is 9.75. The van der Waals surface area contributed by atoms with Gasteiger partial charge in [-0.25, -0.2) is 8.42 Å². The van der Waals surface area contributed by atoms with Crippen LogP contribution >= 0.6 is 11.3 Å². The van der Waals surface area contributed by atoms with Crippen LogP contribution in [0.3, 0.4) is 0 Å². The maximum absolute atomic E-state index is 11.9. The van der Waals surface area contributed by atoms with Gasteiger partial charge in [0.15, 0.2) is 9.84 Å². The average molecular weight is 242 g/mol. The van der Waals surface area contributed by atoms with E-state index in [9.17, 15) is 8.42 Å². The number of hydrogen-bond acceptors (Lipinski definition) is 4. The van der Waals surface area contributed by atoms with E-state index in [2.05, 4.69) is 5.10 Å². The first-order valence-electron chi connectivity index (χ1n) is 4.33. The van der Waals surface area contributed by atoms with E-state index in [0.717, 1.165) is 0 Å². The third kappa shape index (κ3) is 2.10. The van der Waals surface area contributed by atoms with E-state index in [-0.39, 0.29) is 5.75 Å². The molecule has 0 bridgehead atoms. The second-order valence-electron chi connectivity index (χ2n) is 3.14. The van der Waals surface area contributed by atoms with Gasteiger partial charge in [-0.15, -0.1) is 11.3 Å². The normalized spacial score (nSPS) is 11.8. The van der Waals surface area contributed by atoms with Crippen molar-refractivity contribution in [3.8, 4) is 0 Å². The van der Waals surface area contributed by atoms with Crippen LogP contribution in [-0.4, -0.2) is 18.2 Å². The van der Waals surface area contributed by atoms with Crippen LogP contribution in [-0.2, 0) is 22.6 Å². The Bertz CT molecular complexity index is 540. The maximum atomic E-state index is 11.9. The van der Waals surface area contributed by atoms with Gasteiger partial charge in [-0.2, -0.15) is 5.10 Å². The molecule has 0 saturated heterocycles. The standard InChI is InChI=1S/C9H10N2O2S2/c1-11-8(4-5-10-11)7-15(12,13)9-3-2-6-14-9/h2-6H,7H2,1H3.